The Morgan fingerprint density at radius 1 is 1.26 bits per heavy atom. The van der Waals surface area contributed by atoms with Gasteiger partial charge in [0, 0.05) is 26.2 Å². The van der Waals surface area contributed by atoms with Gasteiger partial charge in [-0.05, 0) is 50.7 Å². The topological polar surface area (TPSA) is 49.3 Å². The molecule has 2 unspecified atom stereocenters. The predicted molar refractivity (Wildman–Crippen MR) is 123 cm³/mol. The van der Waals surface area contributed by atoms with Crippen molar-refractivity contribution in [2.75, 3.05) is 46.9 Å². The molecule has 1 N–H and O–H groups in total. The van der Waals surface area contributed by atoms with Gasteiger partial charge in [0.1, 0.15) is 17.6 Å². The molecule has 1 aromatic rings. The minimum Gasteiger partial charge on any atom is -0.497 e. The number of rotatable bonds is 8. The number of hydrogen-bond acceptors (Lipinski definition) is 4. The number of benzene rings is 1. The number of guanidine groups is 1. The fourth-order valence-corrected chi connectivity index (χ4v) is 3.47. The highest BCUT2D eigenvalue weighted by molar-refractivity contribution is 14.0. The molecular formula is C20H35IN4O2. The van der Waals surface area contributed by atoms with Crippen molar-refractivity contribution in [3.8, 4) is 11.5 Å². The summed E-state index contributed by atoms with van der Waals surface area (Å²) in [5.41, 5.74) is 0. The molecule has 2 atom stereocenters. The number of aliphatic imine (C=N–C) groups is 1. The third-order valence-electron chi connectivity index (χ3n) is 4.95. The van der Waals surface area contributed by atoms with E-state index in [2.05, 4.69) is 40.9 Å². The van der Waals surface area contributed by atoms with E-state index in [1.54, 1.807) is 7.11 Å². The molecule has 27 heavy (non-hydrogen) atoms. The Bertz CT molecular complexity index is 564. The third kappa shape index (κ3) is 7.03. The lowest BCUT2D eigenvalue weighted by Gasteiger charge is -2.27. The maximum absolute atomic E-state index is 5.97. The summed E-state index contributed by atoms with van der Waals surface area (Å²) < 4.78 is 11.1. The number of methoxy groups -OCH3 is 1. The lowest BCUT2D eigenvalue weighted by molar-refractivity contribution is 0.217. The van der Waals surface area contributed by atoms with E-state index in [1.165, 1.54) is 6.42 Å². The van der Waals surface area contributed by atoms with Gasteiger partial charge in [-0.25, -0.2) is 0 Å². The molecule has 1 aliphatic heterocycles. The van der Waals surface area contributed by atoms with E-state index in [4.69, 9.17) is 9.47 Å². The van der Waals surface area contributed by atoms with Crippen molar-refractivity contribution in [1.29, 1.82) is 0 Å². The number of hydrogen-bond donors (Lipinski definition) is 1. The molecular weight excluding hydrogens is 455 g/mol. The zero-order valence-corrected chi connectivity index (χ0v) is 19.6. The van der Waals surface area contributed by atoms with Crippen molar-refractivity contribution in [3.05, 3.63) is 24.3 Å². The SMILES string of the molecule is CCN(CC)C1CCN(C(=NC)NCC(C)Oc2ccc(OC)cc2)C1.I. The van der Waals surface area contributed by atoms with E-state index in [1.807, 2.05) is 31.3 Å². The van der Waals surface area contributed by atoms with Crippen LogP contribution in [0.25, 0.3) is 0 Å². The lowest BCUT2D eigenvalue weighted by Crippen LogP contribution is -2.45. The number of nitrogens with one attached hydrogen (secondary N) is 1. The molecule has 1 saturated heterocycles. The zero-order valence-electron chi connectivity index (χ0n) is 17.3. The number of nitrogens with zero attached hydrogens (tertiary/aromatic N) is 3. The van der Waals surface area contributed by atoms with Crippen LogP contribution in [0.4, 0.5) is 0 Å². The van der Waals surface area contributed by atoms with Gasteiger partial charge in [0.05, 0.1) is 13.7 Å². The van der Waals surface area contributed by atoms with Crippen LogP contribution in [0.5, 0.6) is 11.5 Å². The van der Waals surface area contributed by atoms with Crippen LogP contribution in [-0.2, 0) is 0 Å². The van der Waals surface area contributed by atoms with Gasteiger partial charge in [-0.15, -0.1) is 24.0 Å². The monoisotopic (exact) mass is 490 g/mol. The first-order chi connectivity index (χ1) is 12.6. The molecule has 0 spiro atoms. The van der Waals surface area contributed by atoms with Crippen LogP contribution in [0.15, 0.2) is 29.3 Å². The Hall–Kier alpha value is -1.22. The van der Waals surface area contributed by atoms with Crippen molar-refractivity contribution in [3.63, 3.8) is 0 Å². The fourth-order valence-electron chi connectivity index (χ4n) is 3.47. The van der Waals surface area contributed by atoms with E-state index >= 15 is 0 Å². The van der Waals surface area contributed by atoms with Gasteiger partial charge in [-0.1, -0.05) is 13.8 Å². The average Bonchev–Trinajstić information content (AvgIpc) is 3.13. The van der Waals surface area contributed by atoms with Gasteiger partial charge in [0.15, 0.2) is 5.96 Å². The Balaban J connectivity index is 0.00000364. The summed E-state index contributed by atoms with van der Waals surface area (Å²) in [6.45, 7) is 11.5. The summed E-state index contributed by atoms with van der Waals surface area (Å²) in [7, 11) is 3.51. The highest BCUT2D eigenvalue weighted by Crippen LogP contribution is 2.18. The summed E-state index contributed by atoms with van der Waals surface area (Å²) in [6, 6.07) is 8.30. The minimum atomic E-state index is 0. The molecule has 0 saturated carbocycles. The molecule has 6 nitrogen and oxygen atoms in total. The molecule has 1 fully saturated rings. The van der Waals surface area contributed by atoms with Crippen LogP contribution in [0.1, 0.15) is 27.2 Å². The number of halogens is 1. The van der Waals surface area contributed by atoms with Gasteiger partial charge >= 0.3 is 0 Å². The third-order valence-corrected chi connectivity index (χ3v) is 4.95. The van der Waals surface area contributed by atoms with Gasteiger partial charge in [-0.3, -0.25) is 9.89 Å². The number of likely N-dealkylation sites (N-methyl/N-ethyl adjacent to an activating group) is 1. The molecule has 7 heteroatoms. The number of likely N-dealkylation sites (tertiary alicyclic amines) is 1. The average molecular weight is 490 g/mol. The van der Waals surface area contributed by atoms with Crippen molar-refractivity contribution in [2.24, 2.45) is 4.99 Å². The Morgan fingerprint density at radius 2 is 1.89 bits per heavy atom. The summed E-state index contributed by atoms with van der Waals surface area (Å²) in [5, 5.41) is 3.46. The van der Waals surface area contributed by atoms with Crippen LogP contribution >= 0.6 is 24.0 Å². The normalized spacial score (nSPS) is 18.2. The first-order valence-electron chi connectivity index (χ1n) is 9.61. The lowest BCUT2D eigenvalue weighted by atomic mass is 10.2. The largest absolute Gasteiger partial charge is 0.497 e. The maximum atomic E-state index is 5.97. The van der Waals surface area contributed by atoms with E-state index in [0.717, 1.165) is 43.6 Å². The van der Waals surface area contributed by atoms with Crippen LogP contribution in [0.3, 0.4) is 0 Å². The molecule has 154 valence electrons. The Labute approximate surface area is 181 Å². The first kappa shape index (κ1) is 23.8. The smallest absolute Gasteiger partial charge is 0.193 e. The molecule has 1 aromatic carbocycles. The highest BCUT2D eigenvalue weighted by atomic mass is 127. The van der Waals surface area contributed by atoms with Gasteiger partial charge in [0.25, 0.3) is 0 Å². The van der Waals surface area contributed by atoms with Gasteiger partial charge in [0.2, 0.25) is 0 Å². The zero-order chi connectivity index (χ0) is 18.9. The Kier molecular flexibility index (Phi) is 10.8. The van der Waals surface area contributed by atoms with Crippen molar-refractivity contribution >= 4 is 29.9 Å². The van der Waals surface area contributed by atoms with Crippen LogP contribution in [0, 0.1) is 0 Å². The summed E-state index contributed by atoms with van der Waals surface area (Å²) in [4.78, 5) is 9.34. The molecule has 1 heterocycles. The van der Waals surface area contributed by atoms with Crippen molar-refractivity contribution in [2.45, 2.75) is 39.3 Å². The van der Waals surface area contributed by atoms with Crippen LogP contribution in [0.2, 0.25) is 0 Å². The molecule has 1 aliphatic rings. The molecule has 0 radical (unpaired) electrons. The Morgan fingerprint density at radius 3 is 2.44 bits per heavy atom. The first-order valence-corrected chi connectivity index (χ1v) is 9.61. The van der Waals surface area contributed by atoms with Crippen LogP contribution in [-0.4, -0.2) is 74.8 Å². The standard InChI is InChI=1S/C20H34N4O2.HI/c1-6-23(7-2)17-12-13-24(15-17)20(21-4)22-14-16(3)26-19-10-8-18(25-5)9-11-19;/h8-11,16-17H,6-7,12-15H2,1-5H3,(H,21,22);1H. The van der Waals surface area contributed by atoms with Crippen molar-refractivity contribution < 1.29 is 9.47 Å². The minimum absolute atomic E-state index is 0. The van der Waals surface area contributed by atoms with Crippen LogP contribution < -0.4 is 14.8 Å². The quantitative estimate of drug-likeness (QED) is 0.345. The molecule has 0 aliphatic carbocycles. The fraction of sp³-hybridized carbons (Fsp3) is 0.650. The molecule has 0 aromatic heterocycles. The van der Waals surface area contributed by atoms with E-state index in [-0.39, 0.29) is 30.1 Å². The van der Waals surface area contributed by atoms with E-state index in [9.17, 15) is 0 Å². The second-order valence-corrected chi connectivity index (χ2v) is 6.64. The van der Waals surface area contributed by atoms with Gasteiger partial charge < -0.3 is 19.7 Å². The highest BCUT2D eigenvalue weighted by Gasteiger charge is 2.28. The molecule has 0 bridgehead atoms. The summed E-state index contributed by atoms with van der Waals surface area (Å²) in [6.07, 6.45) is 1.24. The molecule has 0 amide bonds. The second-order valence-electron chi connectivity index (χ2n) is 6.64. The summed E-state index contributed by atoms with van der Waals surface area (Å²) >= 11 is 0. The van der Waals surface area contributed by atoms with Crippen molar-refractivity contribution in [1.82, 2.24) is 15.1 Å². The van der Waals surface area contributed by atoms with E-state index in [0.29, 0.717) is 12.6 Å². The maximum Gasteiger partial charge on any atom is 0.193 e. The number of ether oxygens (including phenoxy) is 2. The second kappa shape index (κ2) is 12.3. The van der Waals surface area contributed by atoms with Gasteiger partial charge in [-0.2, -0.15) is 0 Å². The molecule has 2 rings (SSSR count). The van der Waals surface area contributed by atoms with E-state index < -0.39 is 0 Å². The summed E-state index contributed by atoms with van der Waals surface area (Å²) in [5.74, 6) is 2.64. The predicted octanol–water partition coefficient (Wildman–Crippen LogP) is 3.07.